The zero-order valence-corrected chi connectivity index (χ0v) is 21.6. The van der Waals surface area contributed by atoms with Crippen molar-refractivity contribution in [2.75, 3.05) is 12.0 Å². The second-order valence-corrected chi connectivity index (χ2v) is 9.23. The quantitative estimate of drug-likeness (QED) is 0.178. The van der Waals surface area contributed by atoms with Gasteiger partial charge in [-0.3, -0.25) is 19.8 Å². The number of benzene rings is 3. The molecule has 0 unspecified atom stereocenters. The second-order valence-electron chi connectivity index (χ2n) is 7.24. The van der Waals surface area contributed by atoms with E-state index in [1.807, 2.05) is 24.3 Å². The summed E-state index contributed by atoms with van der Waals surface area (Å²) in [6, 6.07) is 19.8. The third-order valence-corrected chi connectivity index (χ3v) is 6.31. The van der Waals surface area contributed by atoms with Gasteiger partial charge in [0.15, 0.2) is 16.6 Å². The van der Waals surface area contributed by atoms with Gasteiger partial charge >= 0.3 is 0 Å². The molecule has 3 aromatic carbocycles. The van der Waals surface area contributed by atoms with Gasteiger partial charge in [-0.15, -0.1) is 0 Å². The van der Waals surface area contributed by atoms with Gasteiger partial charge in [0.2, 0.25) is 0 Å². The van der Waals surface area contributed by atoms with E-state index in [2.05, 4.69) is 27.9 Å². The predicted molar refractivity (Wildman–Crippen MR) is 144 cm³/mol. The Morgan fingerprint density at radius 1 is 1.09 bits per heavy atom. The molecule has 6 nitrogen and oxygen atoms in total. The standard InChI is InChI=1S/C25H18ClIN2O4S/c1-32-21-13-16(12-20(27)22(21)33-14-15-7-9-17(26)10-8-15)11-19-23(30)28-25(34)29(24(19)31)18-5-3-2-4-6-18/h2-13H,14H2,1H3,(H,28,30,34)/b19-11-. The lowest BCUT2D eigenvalue weighted by Crippen LogP contribution is -2.54. The molecular weight excluding hydrogens is 587 g/mol. The van der Waals surface area contributed by atoms with Crippen molar-refractivity contribution >= 4 is 75.1 Å². The van der Waals surface area contributed by atoms with Crippen LogP contribution in [0.5, 0.6) is 11.5 Å². The molecule has 1 N–H and O–H groups in total. The van der Waals surface area contributed by atoms with Crippen molar-refractivity contribution in [2.45, 2.75) is 6.61 Å². The molecule has 172 valence electrons. The minimum absolute atomic E-state index is 0.0369. The van der Waals surface area contributed by atoms with Gasteiger partial charge in [-0.05, 0) is 88.4 Å². The van der Waals surface area contributed by atoms with E-state index in [4.69, 9.17) is 33.3 Å². The molecule has 0 saturated carbocycles. The van der Waals surface area contributed by atoms with Gasteiger partial charge in [0.25, 0.3) is 11.8 Å². The second kappa shape index (κ2) is 10.5. The maximum atomic E-state index is 13.2. The third-order valence-electron chi connectivity index (χ3n) is 4.98. The number of nitrogens with one attached hydrogen (secondary N) is 1. The van der Waals surface area contributed by atoms with Crippen LogP contribution in [0.2, 0.25) is 5.02 Å². The van der Waals surface area contributed by atoms with Crippen LogP contribution in [0, 0.1) is 3.57 Å². The monoisotopic (exact) mass is 604 g/mol. The molecule has 0 aliphatic carbocycles. The number of carbonyl (C=O) groups excluding carboxylic acids is 2. The number of hydrogen-bond donors (Lipinski definition) is 1. The van der Waals surface area contributed by atoms with Gasteiger partial charge in [-0.1, -0.05) is 41.9 Å². The normalized spacial score (nSPS) is 14.9. The van der Waals surface area contributed by atoms with Crippen molar-refractivity contribution < 1.29 is 19.1 Å². The molecule has 1 aliphatic rings. The molecule has 0 radical (unpaired) electrons. The van der Waals surface area contributed by atoms with E-state index in [-0.39, 0.29) is 10.7 Å². The highest BCUT2D eigenvalue weighted by Crippen LogP contribution is 2.35. The summed E-state index contributed by atoms with van der Waals surface area (Å²) in [4.78, 5) is 27.1. The smallest absolute Gasteiger partial charge is 0.270 e. The van der Waals surface area contributed by atoms with Crippen molar-refractivity contribution in [3.63, 3.8) is 0 Å². The molecule has 34 heavy (non-hydrogen) atoms. The Bertz CT molecular complexity index is 1300. The number of hydrogen-bond acceptors (Lipinski definition) is 5. The summed E-state index contributed by atoms with van der Waals surface area (Å²) >= 11 is 13.3. The number of methoxy groups -OCH3 is 1. The first kappa shape index (κ1) is 24.2. The van der Waals surface area contributed by atoms with Crippen molar-refractivity contribution in [2.24, 2.45) is 0 Å². The van der Waals surface area contributed by atoms with Crippen LogP contribution < -0.4 is 19.7 Å². The van der Waals surface area contributed by atoms with Crippen molar-refractivity contribution in [3.05, 3.63) is 92.0 Å². The number of amides is 2. The van der Waals surface area contributed by atoms with Gasteiger partial charge < -0.3 is 9.47 Å². The molecule has 1 fully saturated rings. The Balaban J connectivity index is 1.63. The van der Waals surface area contributed by atoms with E-state index in [1.165, 1.54) is 18.1 Å². The van der Waals surface area contributed by atoms with Crippen LogP contribution in [-0.4, -0.2) is 24.0 Å². The first-order chi connectivity index (χ1) is 16.4. The van der Waals surface area contributed by atoms with Crippen LogP contribution in [0.25, 0.3) is 6.08 Å². The average molecular weight is 605 g/mol. The molecule has 1 saturated heterocycles. The zero-order chi connectivity index (χ0) is 24.2. The van der Waals surface area contributed by atoms with Crippen LogP contribution in [0.1, 0.15) is 11.1 Å². The summed E-state index contributed by atoms with van der Waals surface area (Å²) in [5, 5.41) is 3.28. The summed E-state index contributed by atoms with van der Waals surface area (Å²) < 4.78 is 12.3. The van der Waals surface area contributed by atoms with E-state index < -0.39 is 11.8 Å². The van der Waals surface area contributed by atoms with Crippen LogP contribution in [0.15, 0.2) is 72.3 Å². The maximum Gasteiger partial charge on any atom is 0.270 e. The molecule has 1 aliphatic heterocycles. The van der Waals surface area contributed by atoms with Crippen molar-refractivity contribution in [3.8, 4) is 11.5 Å². The van der Waals surface area contributed by atoms with Crippen molar-refractivity contribution in [1.29, 1.82) is 0 Å². The Kier molecular flexibility index (Phi) is 7.50. The minimum Gasteiger partial charge on any atom is -0.493 e. The molecule has 3 aromatic rings. The largest absolute Gasteiger partial charge is 0.493 e. The topological polar surface area (TPSA) is 67.9 Å². The Hall–Kier alpha value is -2.95. The van der Waals surface area contributed by atoms with E-state index in [0.717, 1.165) is 9.13 Å². The maximum absolute atomic E-state index is 13.2. The van der Waals surface area contributed by atoms with Crippen LogP contribution in [0.4, 0.5) is 5.69 Å². The van der Waals surface area contributed by atoms with E-state index in [9.17, 15) is 9.59 Å². The lowest BCUT2D eigenvalue weighted by molar-refractivity contribution is -0.122. The minimum atomic E-state index is -0.556. The predicted octanol–water partition coefficient (Wildman–Crippen LogP) is 5.36. The number of anilines is 1. The Morgan fingerprint density at radius 3 is 2.47 bits per heavy atom. The molecule has 0 atom stereocenters. The SMILES string of the molecule is COc1cc(/C=C2/C(=O)NC(=S)N(c3ccccc3)C2=O)cc(I)c1OCc1ccc(Cl)cc1. The fraction of sp³-hybridized carbons (Fsp3) is 0.0800. The third kappa shape index (κ3) is 5.24. The Morgan fingerprint density at radius 2 is 1.79 bits per heavy atom. The lowest BCUT2D eigenvalue weighted by Gasteiger charge is -2.28. The fourth-order valence-electron chi connectivity index (χ4n) is 3.34. The van der Waals surface area contributed by atoms with Gasteiger partial charge in [0, 0.05) is 5.02 Å². The fourth-order valence-corrected chi connectivity index (χ4v) is 4.52. The molecule has 0 spiro atoms. The van der Waals surface area contributed by atoms with E-state index in [0.29, 0.717) is 34.4 Å². The number of para-hydroxylation sites is 1. The number of halogens is 2. The molecule has 4 rings (SSSR count). The van der Waals surface area contributed by atoms with E-state index in [1.54, 1.807) is 42.5 Å². The molecule has 0 aromatic heterocycles. The first-order valence-corrected chi connectivity index (χ1v) is 11.9. The van der Waals surface area contributed by atoms with Gasteiger partial charge in [-0.25, -0.2) is 0 Å². The molecule has 9 heteroatoms. The Labute approximate surface area is 220 Å². The van der Waals surface area contributed by atoms with Gasteiger partial charge in [0.1, 0.15) is 12.2 Å². The number of carbonyl (C=O) groups is 2. The summed E-state index contributed by atoms with van der Waals surface area (Å²) in [5.41, 5.74) is 2.10. The van der Waals surface area contributed by atoms with Crippen LogP contribution >= 0.6 is 46.4 Å². The highest BCUT2D eigenvalue weighted by molar-refractivity contribution is 14.1. The van der Waals surface area contributed by atoms with Crippen molar-refractivity contribution in [1.82, 2.24) is 5.32 Å². The van der Waals surface area contributed by atoms with Gasteiger partial charge in [-0.2, -0.15) is 0 Å². The van der Waals surface area contributed by atoms with Gasteiger partial charge in [0.05, 0.1) is 16.4 Å². The lowest BCUT2D eigenvalue weighted by atomic mass is 10.1. The number of thiocarbonyl (C=S) groups is 1. The van der Waals surface area contributed by atoms with Crippen LogP contribution in [-0.2, 0) is 16.2 Å². The number of ether oxygens (including phenoxy) is 2. The number of nitrogens with zero attached hydrogens (tertiary/aromatic N) is 1. The molecule has 2 amide bonds. The molecular formula is C25H18ClIN2O4S. The number of rotatable bonds is 6. The molecule has 1 heterocycles. The summed E-state index contributed by atoms with van der Waals surface area (Å²) in [6.07, 6.45) is 1.52. The average Bonchev–Trinajstić information content (AvgIpc) is 2.82. The first-order valence-electron chi connectivity index (χ1n) is 10.1. The zero-order valence-electron chi connectivity index (χ0n) is 17.9. The highest BCUT2D eigenvalue weighted by atomic mass is 127. The van der Waals surface area contributed by atoms with E-state index >= 15 is 0 Å². The van der Waals surface area contributed by atoms with Crippen LogP contribution in [0.3, 0.4) is 0 Å². The summed E-state index contributed by atoms with van der Waals surface area (Å²) in [5.74, 6) is -0.0188. The molecule has 0 bridgehead atoms. The summed E-state index contributed by atoms with van der Waals surface area (Å²) in [6.45, 7) is 0.328. The highest BCUT2D eigenvalue weighted by Gasteiger charge is 2.34. The summed E-state index contributed by atoms with van der Waals surface area (Å²) in [7, 11) is 1.53.